The molecule has 3 heterocycles. The summed E-state index contributed by atoms with van der Waals surface area (Å²) in [6.45, 7) is 4.41. The topological polar surface area (TPSA) is 128 Å². The number of nitrogens with one attached hydrogen (secondary N) is 2. The van der Waals surface area contributed by atoms with Gasteiger partial charge in [-0.05, 0) is 44.2 Å². The van der Waals surface area contributed by atoms with Crippen LogP contribution in [0.1, 0.15) is 17.1 Å². The molecule has 3 aromatic heterocycles. The molecule has 0 aliphatic heterocycles. The molecule has 0 saturated heterocycles. The smallest absolute Gasteiger partial charge is 0.217 e. The molecule has 1 aromatic carbocycles. The lowest BCUT2D eigenvalue weighted by molar-refractivity contribution is 0.448. The highest BCUT2D eigenvalue weighted by atomic mass is 32.2. The normalized spacial score (nSPS) is 11.8. The van der Waals surface area contributed by atoms with E-state index in [9.17, 15) is 8.42 Å². The van der Waals surface area contributed by atoms with Crippen LogP contribution in [0, 0.1) is 13.8 Å². The molecule has 0 saturated carbocycles. The third-order valence-corrected chi connectivity index (χ3v) is 5.71. The van der Waals surface area contributed by atoms with Gasteiger partial charge in [-0.15, -0.1) is 10.2 Å². The first-order valence-corrected chi connectivity index (χ1v) is 11.0. The van der Waals surface area contributed by atoms with E-state index in [1.165, 1.54) is 0 Å². The first kappa shape index (κ1) is 20.0. The number of aromatic nitrogens is 5. The first-order valence-electron chi connectivity index (χ1n) is 9.33. The SMILES string of the molecule is Cc1cc(C)n(-c2ccc(NCCNS(=O)(=O)Cc3noc4ccccc34)nn2)n1. The van der Waals surface area contributed by atoms with Crippen LogP contribution in [0.15, 0.2) is 47.0 Å². The Labute approximate surface area is 173 Å². The number of hydrogen-bond donors (Lipinski definition) is 2. The third kappa shape index (κ3) is 4.47. The van der Waals surface area contributed by atoms with E-state index in [0.29, 0.717) is 34.8 Å². The molecule has 10 nitrogen and oxygen atoms in total. The highest BCUT2D eigenvalue weighted by molar-refractivity contribution is 7.88. The minimum atomic E-state index is -3.56. The number of aryl methyl sites for hydroxylation is 2. The van der Waals surface area contributed by atoms with E-state index in [2.05, 4.69) is 30.5 Å². The van der Waals surface area contributed by atoms with Crippen molar-refractivity contribution < 1.29 is 12.9 Å². The third-order valence-electron chi connectivity index (χ3n) is 4.41. The quantitative estimate of drug-likeness (QED) is 0.408. The Morgan fingerprint density at radius 3 is 2.63 bits per heavy atom. The predicted molar refractivity (Wildman–Crippen MR) is 112 cm³/mol. The zero-order chi connectivity index (χ0) is 21.1. The standard InChI is InChI=1S/C19H21N7O3S/c1-13-11-14(2)26(24-13)19-8-7-18(22-23-19)20-9-10-21-30(27,28)12-16-15-5-3-4-6-17(15)29-25-16/h3-8,11,21H,9-10,12H2,1-2H3,(H,20,22). The number of benzene rings is 1. The Kier molecular flexibility index (Phi) is 5.46. The van der Waals surface area contributed by atoms with Crippen LogP contribution in [0.25, 0.3) is 16.8 Å². The molecule has 0 unspecified atom stereocenters. The molecule has 0 spiro atoms. The van der Waals surface area contributed by atoms with Gasteiger partial charge in [-0.2, -0.15) is 5.10 Å². The van der Waals surface area contributed by atoms with Crippen LogP contribution in [0.5, 0.6) is 0 Å². The maximum atomic E-state index is 12.3. The average molecular weight is 427 g/mol. The number of para-hydroxylation sites is 1. The first-order chi connectivity index (χ1) is 14.4. The van der Waals surface area contributed by atoms with E-state index in [4.69, 9.17) is 4.52 Å². The predicted octanol–water partition coefficient (Wildman–Crippen LogP) is 1.95. The summed E-state index contributed by atoms with van der Waals surface area (Å²) in [6.07, 6.45) is 0. The van der Waals surface area contributed by atoms with Crippen molar-refractivity contribution in [2.24, 2.45) is 0 Å². The van der Waals surface area contributed by atoms with Crippen molar-refractivity contribution in [2.45, 2.75) is 19.6 Å². The van der Waals surface area contributed by atoms with Crippen molar-refractivity contribution in [3.05, 3.63) is 59.5 Å². The highest BCUT2D eigenvalue weighted by Gasteiger charge is 2.17. The Morgan fingerprint density at radius 2 is 1.90 bits per heavy atom. The molecule has 0 fully saturated rings. The van der Waals surface area contributed by atoms with Gasteiger partial charge in [0.15, 0.2) is 11.4 Å². The van der Waals surface area contributed by atoms with Crippen molar-refractivity contribution in [3.8, 4) is 5.82 Å². The van der Waals surface area contributed by atoms with Crippen LogP contribution in [0.2, 0.25) is 0 Å². The molecule has 0 radical (unpaired) electrons. The van der Waals surface area contributed by atoms with Crippen molar-refractivity contribution in [1.29, 1.82) is 0 Å². The van der Waals surface area contributed by atoms with Gasteiger partial charge in [0.05, 0.1) is 5.69 Å². The lowest BCUT2D eigenvalue weighted by atomic mass is 10.2. The van der Waals surface area contributed by atoms with Crippen molar-refractivity contribution in [1.82, 2.24) is 29.9 Å². The van der Waals surface area contributed by atoms with E-state index in [1.54, 1.807) is 28.9 Å². The number of hydrogen-bond acceptors (Lipinski definition) is 8. The van der Waals surface area contributed by atoms with E-state index < -0.39 is 10.0 Å². The van der Waals surface area contributed by atoms with Crippen molar-refractivity contribution >= 4 is 26.8 Å². The minimum absolute atomic E-state index is 0.193. The molecule has 30 heavy (non-hydrogen) atoms. The maximum Gasteiger partial charge on any atom is 0.217 e. The van der Waals surface area contributed by atoms with Crippen LogP contribution in [-0.4, -0.2) is 46.6 Å². The number of rotatable bonds is 8. The van der Waals surface area contributed by atoms with Gasteiger partial charge in [-0.1, -0.05) is 17.3 Å². The van der Waals surface area contributed by atoms with Gasteiger partial charge in [0, 0.05) is 24.2 Å². The molecule has 11 heteroatoms. The number of nitrogens with zero attached hydrogens (tertiary/aromatic N) is 5. The second-order valence-electron chi connectivity index (χ2n) is 6.82. The fourth-order valence-electron chi connectivity index (χ4n) is 3.06. The summed E-state index contributed by atoms with van der Waals surface area (Å²) < 4.78 is 34.1. The lowest BCUT2D eigenvalue weighted by Gasteiger charge is -2.08. The van der Waals surface area contributed by atoms with Gasteiger partial charge in [-0.3, -0.25) is 0 Å². The summed E-state index contributed by atoms with van der Waals surface area (Å²) in [5.74, 6) is 0.912. The van der Waals surface area contributed by atoms with E-state index >= 15 is 0 Å². The highest BCUT2D eigenvalue weighted by Crippen LogP contribution is 2.19. The molecule has 0 aliphatic carbocycles. The molecular formula is C19H21N7O3S. The fourth-order valence-corrected chi connectivity index (χ4v) is 4.15. The molecule has 4 rings (SSSR count). The second-order valence-corrected chi connectivity index (χ2v) is 8.63. The fraction of sp³-hybridized carbons (Fsp3) is 0.263. The molecule has 2 N–H and O–H groups in total. The van der Waals surface area contributed by atoms with Gasteiger partial charge in [0.25, 0.3) is 0 Å². The summed E-state index contributed by atoms with van der Waals surface area (Å²) in [5, 5.41) is 20.2. The number of fused-ring (bicyclic) bond motifs is 1. The molecular weight excluding hydrogens is 406 g/mol. The zero-order valence-corrected chi connectivity index (χ0v) is 17.3. The van der Waals surface area contributed by atoms with E-state index in [-0.39, 0.29) is 12.3 Å². The van der Waals surface area contributed by atoms with Crippen molar-refractivity contribution in [3.63, 3.8) is 0 Å². The largest absolute Gasteiger partial charge is 0.367 e. The van der Waals surface area contributed by atoms with Crippen LogP contribution < -0.4 is 10.0 Å². The van der Waals surface area contributed by atoms with Crippen LogP contribution in [0.3, 0.4) is 0 Å². The molecule has 4 aromatic rings. The van der Waals surface area contributed by atoms with Crippen LogP contribution >= 0.6 is 0 Å². The second kappa shape index (κ2) is 8.20. The molecule has 0 atom stereocenters. The maximum absolute atomic E-state index is 12.3. The number of sulfonamides is 1. The Bertz CT molecular complexity index is 1260. The summed E-state index contributed by atoms with van der Waals surface area (Å²) in [5.41, 5.74) is 2.82. The van der Waals surface area contributed by atoms with Gasteiger partial charge in [-0.25, -0.2) is 17.8 Å². The van der Waals surface area contributed by atoms with Gasteiger partial charge >= 0.3 is 0 Å². The number of anilines is 1. The van der Waals surface area contributed by atoms with Crippen molar-refractivity contribution in [2.75, 3.05) is 18.4 Å². The Balaban J connectivity index is 1.29. The average Bonchev–Trinajstić information content (AvgIpc) is 3.28. The molecule has 0 aliphatic rings. The molecule has 0 amide bonds. The Morgan fingerprint density at radius 1 is 1.07 bits per heavy atom. The van der Waals surface area contributed by atoms with E-state index in [1.807, 2.05) is 32.0 Å². The lowest BCUT2D eigenvalue weighted by Crippen LogP contribution is -2.30. The summed E-state index contributed by atoms with van der Waals surface area (Å²) >= 11 is 0. The molecule has 156 valence electrons. The van der Waals surface area contributed by atoms with Crippen LogP contribution in [0.4, 0.5) is 5.82 Å². The van der Waals surface area contributed by atoms with Gasteiger partial charge < -0.3 is 9.84 Å². The van der Waals surface area contributed by atoms with Gasteiger partial charge in [0.2, 0.25) is 10.0 Å². The monoisotopic (exact) mass is 427 g/mol. The minimum Gasteiger partial charge on any atom is -0.367 e. The van der Waals surface area contributed by atoms with E-state index in [0.717, 1.165) is 11.4 Å². The zero-order valence-electron chi connectivity index (χ0n) is 16.5. The summed E-state index contributed by atoms with van der Waals surface area (Å²) in [7, 11) is -3.56. The van der Waals surface area contributed by atoms with Gasteiger partial charge in [0.1, 0.15) is 17.3 Å². The van der Waals surface area contributed by atoms with Crippen LogP contribution in [-0.2, 0) is 15.8 Å². The molecule has 0 bridgehead atoms. The summed E-state index contributed by atoms with van der Waals surface area (Å²) in [6, 6.07) is 12.7. The Hall–Kier alpha value is -3.31. The summed E-state index contributed by atoms with van der Waals surface area (Å²) in [4.78, 5) is 0.